The molecule has 0 spiro atoms. The van der Waals surface area contributed by atoms with Crippen molar-refractivity contribution in [3.8, 4) is 192 Å². The molecule has 0 amide bonds. The highest BCUT2D eigenvalue weighted by Gasteiger charge is 2.23. The molecule has 12 heteroatoms. The van der Waals surface area contributed by atoms with E-state index in [-0.39, 0.29) is 0 Å². The number of aromatic nitrogens is 9. The Balaban J connectivity index is 0.000000118. The van der Waals surface area contributed by atoms with E-state index in [4.69, 9.17) is 58.1 Å². The van der Waals surface area contributed by atoms with Crippen LogP contribution in [0.25, 0.3) is 226 Å². The first-order valence-electron chi connectivity index (χ1n) is 45.2. The fourth-order valence-corrected chi connectivity index (χ4v) is 17.3. The van der Waals surface area contributed by atoms with Crippen molar-refractivity contribution in [1.82, 2.24) is 44.9 Å². The van der Waals surface area contributed by atoms with Crippen molar-refractivity contribution >= 4 is 33.8 Å². The molecule has 0 fully saturated rings. The third kappa shape index (κ3) is 18.0. The van der Waals surface area contributed by atoms with Gasteiger partial charge in [-0.15, -0.1) is 0 Å². The minimum atomic E-state index is 0.602. The van der Waals surface area contributed by atoms with Crippen molar-refractivity contribution in [1.29, 1.82) is 0 Å². The van der Waals surface area contributed by atoms with E-state index in [0.29, 0.717) is 35.1 Å². The fraction of sp³-hybridized carbons (Fsp3) is 0.0163. The van der Waals surface area contributed by atoms with Gasteiger partial charge in [-0.05, 0) is 136 Å². The normalized spacial score (nSPS) is 11.5. The molecule has 0 bridgehead atoms. The summed E-state index contributed by atoms with van der Waals surface area (Å²) in [5, 5.41) is 0.922. The maximum atomic E-state index is 6.34. The molecule has 0 N–H and O–H groups in total. The lowest BCUT2D eigenvalue weighted by Gasteiger charge is -2.13. The average Bonchev–Trinajstić information content (AvgIpc) is 1.73. The van der Waals surface area contributed by atoms with E-state index in [1.165, 1.54) is 33.4 Å². The summed E-state index contributed by atoms with van der Waals surface area (Å²) in [6, 6.07) is 161. The van der Waals surface area contributed by atoms with Crippen LogP contribution >= 0.6 is 0 Å². The lowest BCUT2D eigenvalue weighted by molar-refractivity contribution is 0.535. The first-order valence-corrected chi connectivity index (χ1v) is 45.2. The molecule has 0 radical (unpaired) electrons. The summed E-state index contributed by atoms with van der Waals surface area (Å²) < 4.78 is 18.7. The molecule has 23 aromatic rings. The standard InChI is InChI=1S/2C41H27N3O.C41H29N3O/c1-4-12-28(13-5-1)29-22-24-30(25-23-29)36-27-37(43-40(42-36)31-14-6-2-7-15-31)34-19-10-18-33(26-34)35-20-11-21-38-39(35)44-41(45-38)32-16-8-3-9-17-32;1-4-13-28(14-5-1)29-23-25-30(26-24-29)36-27-37(43-40(42-36)31-15-6-2-7-16-31)34-20-11-10-19-33(34)35-21-12-22-38-39(35)44-41(45-38)32-17-8-3-9-18-32;1-4-11-28(12-5-1)29-19-23-31(24-20-29)37-27-38(43-40(42-37)33-13-6-2-7-14-33)32-25-21-30(22-26-32)35-17-10-18-36-39(35)45-41(44-36)34-15-8-3-9-16-34/h2*1-27H;1-9,11-16,18-27H,10,17H2. The minimum absolute atomic E-state index is 0.602. The zero-order chi connectivity index (χ0) is 90.0. The topological polar surface area (TPSA) is 155 Å². The molecule has 6 heterocycles. The van der Waals surface area contributed by atoms with Crippen LogP contribution < -0.4 is 10.8 Å². The van der Waals surface area contributed by atoms with Crippen LogP contribution in [0.2, 0.25) is 0 Å². The number of para-hydroxylation sites is 2. The van der Waals surface area contributed by atoms with Gasteiger partial charge >= 0.3 is 0 Å². The molecule has 135 heavy (non-hydrogen) atoms. The lowest BCUT2D eigenvalue weighted by atomic mass is 9.95. The Kier molecular flexibility index (Phi) is 23.2. The van der Waals surface area contributed by atoms with E-state index in [1.54, 1.807) is 0 Å². The maximum absolute atomic E-state index is 6.34. The lowest BCUT2D eigenvalue weighted by Crippen LogP contribution is -2.27. The largest absolute Gasteiger partial charge is 0.436 e. The first kappa shape index (κ1) is 82.5. The Morgan fingerprint density at radius 1 is 0.170 bits per heavy atom. The van der Waals surface area contributed by atoms with Crippen LogP contribution in [-0.2, 0) is 0 Å². The summed E-state index contributed by atoms with van der Waals surface area (Å²) >= 11 is 0. The molecule has 1 aliphatic carbocycles. The van der Waals surface area contributed by atoms with Gasteiger partial charge in [0.05, 0.1) is 34.2 Å². The number of benzene rings is 17. The SMILES string of the molecule is C1=c2nc(-c3ccccc3)oc2=C(c2ccc(-c3cc(-c4ccc(-c5ccccc5)cc4)nc(-c4ccccc4)n3)cc2)CC1.c1ccc(-c2ccc(-c3cc(-c4cccc(-c5cccc6oc(-c7ccccc7)nc56)c4)nc(-c4ccccc4)n3)cc2)cc1.c1ccc(-c2ccc(-c3cc(-c4ccccc4-c4cccc5oc(-c6ccccc6)nc45)nc(-c4ccccc4)n3)cc2)cc1. The second kappa shape index (κ2) is 37.9. The summed E-state index contributed by atoms with van der Waals surface area (Å²) in [5.74, 6) is 3.94. The number of oxazole rings is 3. The van der Waals surface area contributed by atoms with Crippen LogP contribution in [0.15, 0.2) is 486 Å². The van der Waals surface area contributed by atoms with Gasteiger partial charge in [-0.1, -0.05) is 406 Å². The average molecular weight is 1740 g/mol. The zero-order valence-electron chi connectivity index (χ0n) is 73.3. The van der Waals surface area contributed by atoms with Crippen LogP contribution in [0.3, 0.4) is 0 Å². The van der Waals surface area contributed by atoms with Crippen molar-refractivity contribution in [2.45, 2.75) is 12.8 Å². The van der Waals surface area contributed by atoms with Crippen molar-refractivity contribution < 1.29 is 13.3 Å². The number of rotatable bonds is 18. The molecule has 0 saturated heterocycles. The van der Waals surface area contributed by atoms with Crippen LogP contribution in [0.1, 0.15) is 18.4 Å². The summed E-state index contributed by atoms with van der Waals surface area (Å²) in [6.45, 7) is 0. The van der Waals surface area contributed by atoms with E-state index >= 15 is 0 Å². The Bertz CT molecular complexity index is 8260. The molecule has 12 nitrogen and oxygen atoms in total. The number of nitrogens with zero attached hydrogens (tertiary/aromatic N) is 9. The Morgan fingerprint density at radius 3 is 0.844 bits per heavy atom. The first-order chi connectivity index (χ1) is 66.9. The molecule has 6 aromatic heterocycles. The van der Waals surface area contributed by atoms with E-state index in [0.717, 1.165) is 180 Å². The molecule has 24 rings (SSSR count). The van der Waals surface area contributed by atoms with E-state index in [9.17, 15) is 0 Å². The highest BCUT2D eigenvalue weighted by Crippen LogP contribution is 2.42. The molecule has 0 atom stereocenters. The van der Waals surface area contributed by atoms with Crippen LogP contribution in [-0.4, -0.2) is 44.9 Å². The molecular formula is C123H83N9O3. The van der Waals surface area contributed by atoms with Gasteiger partial charge in [0, 0.05) is 83.5 Å². The molecule has 0 aliphatic heterocycles. The fourth-order valence-electron chi connectivity index (χ4n) is 17.3. The molecular weight excluding hydrogens is 1650 g/mol. The Labute approximate surface area is 780 Å². The van der Waals surface area contributed by atoms with Gasteiger partial charge < -0.3 is 13.3 Å². The van der Waals surface area contributed by atoms with Crippen molar-refractivity contribution in [2.75, 3.05) is 0 Å². The molecule has 638 valence electrons. The predicted molar refractivity (Wildman–Crippen MR) is 546 cm³/mol. The van der Waals surface area contributed by atoms with Crippen LogP contribution in [0.4, 0.5) is 0 Å². The second-order valence-corrected chi connectivity index (χ2v) is 32.9. The van der Waals surface area contributed by atoms with E-state index < -0.39 is 0 Å². The maximum Gasteiger partial charge on any atom is 0.227 e. The van der Waals surface area contributed by atoms with Gasteiger partial charge in [0.1, 0.15) is 16.4 Å². The van der Waals surface area contributed by atoms with Gasteiger partial charge in [-0.2, -0.15) is 0 Å². The van der Waals surface area contributed by atoms with Gasteiger partial charge in [0.15, 0.2) is 34.1 Å². The number of hydrogen-bond donors (Lipinski definition) is 0. The zero-order valence-corrected chi connectivity index (χ0v) is 73.3. The van der Waals surface area contributed by atoms with E-state index in [1.807, 2.05) is 200 Å². The van der Waals surface area contributed by atoms with Crippen LogP contribution in [0, 0.1) is 0 Å². The third-order valence-corrected chi connectivity index (χ3v) is 24.2. The van der Waals surface area contributed by atoms with Gasteiger partial charge in [-0.25, -0.2) is 44.9 Å². The Hall–Kier alpha value is -18.1. The predicted octanol–water partition coefficient (Wildman–Crippen LogP) is 29.8. The highest BCUT2D eigenvalue weighted by molar-refractivity contribution is 5.98. The molecule has 0 saturated carbocycles. The smallest absolute Gasteiger partial charge is 0.227 e. The van der Waals surface area contributed by atoms with Crippen molar-refractivity contribution in [3.63, 3.8) is 0 Å². The van der Waals surface area contributed by atoms with Gasteiger partial charge in [-0.3, -0.25) is 0 Å². The van der Waals surface area contributed by atoms with Crippen molar-refractivity contribution in [3.05, 3.63) is 490 Å². The van der Waals surface area contributed by atoms with Gasteiger partial charge in [0.25, 0.3) is 0 Å². The number of fused-ring (bicyclic) bond motifs is 3. The summed E-state index contributed by atoms with van der Waals surface area (Å²) in [4.78, 5) is 45.0. The monoisotopic (exact) mass is 1730 g/mol. The minimum Gasteiger partial charge on any atom is -0.436 e. The molecule has 0 unspecified atom stereocenters. The van der Waals surface area contributed by atoms with Gasteiger partial charge in [0.2, 0.25) is 17.7 Å². The Morgan fingerprint density at radius 2 is 0.444 bits per heavy atom. The summed E-state index contributed by atoms with van der Waals surface area (Å²) in [7, 11) is 0. The molecule has 17 aromatic carbocycles. The quantitative estimate of drug-likeness (QED) is 0.0803. The summed E-state index contributed by atoms with van der Waals surface area (Å²) in [5.41, 5.74) is 34.6. The third-order valence-electron chi connectivity index (χ3n) is 24.2. The van der Waals surface area contributed by atoms with Crippen molar-refractivity contribution in [2.24, 2.45) is 0 Å². The van der Waals surface area contributed by atoms with E-state index in [2.05, 4.69) is 279 Å². The van der Waals surface area contributed by atoms with Crippen LogP contribution in [0.5, 0.6) is 0 Å². The second-order valence-electron chi connectivity index (χ2n) is 32.9. The molecule has 1 aliphatic rings. The summed E-state index contributed by atoms with van der Waals surface area (Å²) in [6.07, 6.45) is 4.01. The highest BCUT2D eigenvalue weighted by atomic mass is 16.4. The number of hydrogen-bond acceptors (Lipinski definition) is 12.